The average Bonchev–Trinajstić information content (AvgIpc) is 2.72. The van der Waals surface area contributed by atoms with Crippen LogP contribution in [0.3, 0.4) is 0 Å². The summed E-state index contributed by atoms with van der Waals surface area (Å²) >= 11 is 0. The Morgan fingerprint density at radius 3 is 2.30 bits per heavy atom. The van der Waals surface area contributed by atoms with Gasteiger partial charge in [0.25, 0.3) is 5.91 Å². The van der Waals surface area contributed by atoms with Gasteiger partial charge in [0.05, 0.1) is 21.7 Å². The van der Waals surface area contributed by atoms with E-state index in [2.05, 4.69) is 10.3 Å². The number of aryl methyl sites for hydroxylation is 2. The van der Waals surface area contributed by atoms with Crippen molar-refractivity contribution in [2.75, 3.05) is 13.1 Å². The number of carbonyl (C=O) groups is 1. The lowest BCUT2D eigenvalue weighted by atomic mass is 10.1. The summed E-state index contributed by atoms with van der Waals surface area (Å²) in [6.07, 6.45) is 0. The van der Waals surface area contributed by atoms with Gasteiger partial charge >= 0.3 is 0 Å². The zero-order chi connectivity index (χ0) is 21.9. The molecule has 1 aromatic heterocycles. The maximum absolute atomic E-state index is 12.7. The van der Waals surface area contributed by atoms with Gasteiger partial charge in [-0.2, -0.15) is 4.31 Å². The zero-order valence-corrected chi connectivity index (χ0v) is 18.6. The number of aromatic nitrogens is 1. The van der Waals surface area contributed by atoms with Crippen molar-refractivity contribution in [2.24, 2.45) is 0 Å². The molecule has 3 rings (SSSR count). The van der Waals surface area contributed by atoms with Crippen LogP contribution in [0.25, 0.3) is 10.9 Å². The Kier molecular flexibility index (Phi) is 6.53. The summed E-state index contributed by atoms with van der Waals surface area (Å²) in [5, 5.41) is 3.82. The van der Waals surface area contributed by atoms with Gasteiger partial charge in [0.2, 0.25) is 10.0 Å². The number of rotatable bonds is 7. The maximum Gasteiger partial charge on any atom is 0.253 e. The van der Waals surface area contributed by atoms with Crippen LogP contribution in [0.2, 0.25) is 0 Å². The number of nitrogens with one attached hydrogen (secondary N) is 1. The molecule has 30 heavy (non-hydrogen) atoms. The fourth-order valence-corrected chi connectivity index (χ4v) is 4.83. The number of sulfonamides is 1. The molecule has 0 radical (unpaired) electrons. The van der Waals surface area contributed by atoms with E-state index < -0.39 is 10.0 Å². The molecule has 7 heteroatoms. The topological polar surface area (TPSA) is 79.4 Å². The quantitative estimate of drug-likeness (QED) is 0.624. The van der Waals surface area contributed by atoms with E-state index in [0.717, 1.165) is 22.0 Å². The molecule has 0 aliphatic rings. The Balaban J connectivity index is 1.73. The summed E-state index contributed by atoms with van der Waals surface area (Å²) in [6, 6.07) is 14.4. The van der Waals surface area contributed by atoms with Crippen LogP contribution in [0, 0.1) is 13.8 Å². The van der Waals surface area contributed by atoms with Gasteiger partial charge in [-0.05, 0) is 49.2 Å². The molecule has 0 spiro atoms. The monoisotopic (exact) mass is 425 g/mol. The molecule has 0 fully saturated rings. The molecule has 0 aliphatic heterocycles. The van der Waals surface area contributed by atoms with E-state index >= 15 is 0 Å². The van der Waals surface area contributed by atoms with Gasteiger partial charge in [0.15, 0.2) is 0 Å². The average molecular weight is 426 g/mol. The summed E-state index contributed by atoms with van der Waals surface area (Å²) in [7, 11) is -3.48. The molecule has 0 bridgehead atoms. The van der Waals surface area contributed by atoms with E-state index in [1.165, 1.54) is 4.31 Å². The van der Waals surface area contributed by atoms with Gasteiger partial charge < -0.3 is 5.32 Å². The molecule has 6 nitrogen and oxygen atoms in total. The van der Waals surface area contributed by atoms with E-state index in [4.69, 9.17) is 0 Å². The molecule has 1 N–H and O–H groups in total. The van der Waals surface area contributed by atoms with Gasteiger partial charge in [-0.3, -0.25) is 9.78 Å². The summed E-state index contributed by atoms with van der Waals surface area (Å²) in [5.74, 6) is -0.206. The Morgan fingerprint density at radius 1 is 1.00 bits per heavy atom. The van der Waals surface area contributed by atoms with Crippen LogP contribution >= 0.6 is 0 Å². The van der Waals surface area contributed by atoms with Crippen molar-refractivity contribution in [3.63, 3.8) is 0 Å². The summed E-state index contributed by atoms with van der Waals surface area (Å²) in [6.45, 7) is 8.62. The molecule has 3 aromatic rings. The molecule has 2 aromatic carbocycles. The maximum atomic E-state index is 12.7. The third kappa shape index (κ3) is 4.52. The standard InChI is InChI=1S/C23H27N3O3S/c1-5-26(6-2)30(28,29)20-11-8-18(9-12-20)15-24-23(27)21-14-19-10-7-16(3)13-22(19)25-17(21)4/h7-14H,5-6,15H2,1-4H3,(H,24,27). The molecular weight excluding hydrogens is 398 g/mol. The van der Waals surface area contributed by atoms with Crippen molar-refractivity contribution in [1.82, 2.24) is 14.6 Å². The zero-order valence-electron chi connectivity index (χ0n) is 17.8. The van der Waals surface area contributed by atoms with Gasteiger partial charge in [-0.1, -0.05) is 38.1 Å². The van der Waals surface area contributed by atoms with Crippen molar-refractivity contribution in [1.29, 1.82) is 0 Å². The molecule has 1 amide bonds. The van der Waals surface area contributed by atoms with Crippen LogP contribution < -0.4 is 5.32 Å². The lowest BCUT2D eigenvalue weighted by Crippen LogP contribution is -2.30. The number of hydrogen-bond donors (Lipinski definition) is 1. The van der Waals surface area contributed by atoms with E-state index in [9.17, 15) is 13.2 Å². The highest BCUT2D eigenvalue weighted by atomic mass is 32.2. The second kappa shape index (κ2) is 8.93. The van der Waals surface area contributed by atoms with Gasteiger partial charge in [0.1, 0.15) is 0 Å². The second-order valence-electron chi connectivity index (χ2n) is 7.23. The number of carbonyl (C=O) groups excluding carboxylic acids is 1. The lowest BCUT2D eigenvalue weighted by molar-refractivity contribution is 0.0950. The summed E-state index contributed by atoms with van der Waals surface area (Å²) in [4.78, 5) is 17.5. The Labute approximate surface area is 178 Å². The molecular formula is C23H27N3O3S. The van der Waals surface area contributed by atoms with Crippen molar-refractivity contribution in [3.05, 3.63) is 70.9 Å². The van der Waals surface area contributed by atoms with E-state index in [1.807, 2.05) is 52.0 Å². The number of hydrogen-bond acceptors (Lipinski definition) is 4. The fraction of sp³-hybridized carbons (Fsp3) is 0.304. The minimum atomic E-state index is -3.48. The first kappa shape index (κ1) is 21.9. The summed E-state index contributed by atoms with van der Waals surface area (Å²) < 4.78 is 26.6. The van der Waals surface area contributed by atoms with Crippen LogP contribution in [0.4, 0.5) is 0 Å². The third-order valence-corrected chi connectivity index (χ3v) is 7.19. The Hall–Kier alpha value is -2.77. The first-order chi connectivity index (χ1) is 14.3. The van der Waals surface area contributed by atoms with Crippen molar-refractivity contribution in [2.45, 2.75) is 39.1 Å². The number of pyridine rings is 1. The summed E-state index contributed by atoms with van der Waals surface area (Å²) in [5.41, 5.74) is 4.02. The highest BCUT2D eigenvalue weighted by Crippen LogP contribution is 2.19. The second-order valence-corrected chi connectivity index (χ2v) is 9.17. The minimum Gasteiger partial charge on any atom is -0.348 e. The SMILES string of the molecule is CCN(CC)S(=O)(=O)c1ccc(CNC(=O)c2cc3ccc(C)cc3nc2C)cc1. The normalized spacial score (nSPS) is 11.8. The van der Waals surface area contributed by atoms with E-state index in [-0.39, 0.29) is 10.8 Å². The van der Waals surface area contributed by atoms with Crippen LogP contribution in [-0.2, 0) is 16.6 Å². The van der Waals surface area contributed by atoms with E-state index in [1.54, 1.807) is 24.3 Å². The highest BCUT2D eigenvalue weighted by Gasteiger charge is 2.21. The molecule has 0 saturated carbocycles. The smallest absolute Gasteiger partial charge is 0.253 e. The molecule has 0 unspecified atom stereocenters. The van der Waals surface area contributed by atoms with Crippen molar-refractivity contribution >= 4 is 26.8 Å². The predicted octanol–water partition coefficient (Wildman–Crippen LogP) is 3.81. The van der Waals surface area contributed by atoms with Crippen LogP contribution in [0.15, 0.2) is 53.4 Å². The van der Waals surface area contributed by atoms with Crippen LogP contribution in [-0.4, -0.2) is 36.7 Å². The first-order valence-corrected chi connectivity index (χ1v) is 11.5. The first-order valence-electron chi connectivity index (χ1n) is 10.0. The van der Waals surface area contributed by atoms with Crippen molar-refractivity contribution in [3.8, 4) is 0 Å². The Morgan fingerprint density at radius 2 is 1.67 bits per heavy atom. The molecule has 1 heterocycles. The largest absolute Gasteiger partial charge is 0.348 e. The van der Waals surface area contributed by atoms with Gasteiger partial charge in [0, 0.05) is 25.0 Å². The van der Waals surface area contributed by atoms with E-state index in [0.29, 0.717) is 30.9 Å². The number of fused-ring (bicyclic) bond motifs is 1. The highest BCUT2D eigenvalue weighted by molar-refractivity contribution is 7.89. The van der Waals surface area contributed by atoms with Crippen LogP contribution in [0.5, 0.6) is 0 Å². The van der Waals surface area contributed by atoms with Gasteiger partial charge in [-0.25, -0.2) is 8.42 Å². The molecule has 0 aliphatic carbocycles. The molecule has 0 atom stereocenters. The minimum absolute atomic E-state index is 0.206. The fourth-order valence-electron chi connectivity index (χ4n) is 3.37. The Bertz CT molecular complexity index is 1170. The van der Waals surface area contributed by atoms with Crippen LogP contribution in [0.1, 0.15) is 41.0 Å². The van der Waals surface area contributed by atoms with Crippen molar-refractivity contribution < 1.29 is 13.2 Å². The molecule has 0 saturated heterocycles. The third-order valence-electron chi connectivity index (χ3n) is 5.13. The molecule has 158 valence electrons. The van der Waals surface area contributed by atoms with Gasteiger partial charge in [-0.15, -0.1) is 0 Å². The number of benzene rings is 2. The predicted molar refractivity (Wildman–Crippen MR) is 119 cm³/mol. The number of amides is 1. The number of nitrogens with zero attached hydrogens (tertiary/aromatic N) is 2. The lowest BCUT2D eigenvalue weighted by Gasteiger charge is -2.18.